The maximum Gasteiger partial charge on any atom is 0.318 e. The summed E-state index contributed by atoms with van der Waals surface area (Å²) in [5.74, 6) is 0.474. The van der Waals surface area contributed by atoms with Crippen molar-refractivity contribution in [3.05, 3.63) is 5.89 Å². The fraction of sp³-hybridized carbons (Fsp3) is 0.714. The van der Waals surface area contributed by atoms with E-state index < -0.39 is 0 Å². The highest BCUT2D eigenvalue weighted by Crippen LogP contribution is 2.12. The van der Waals surface area contributed by atoms with E-state index in [-0.39, 0.29) is 6.54 Å². The smallest absolute Gasteiger partial charge is 0.318 e. The molecule has 0 spiro atoms. The molecule has 0 aliphatic carbocycles. The van der Waals surface area contributed by atoms with Gasteiger partial charge in [-0.25, -0.2) is 0 Å². The first-order chi connectivity index (χ1) is 6.40. The van der Waals surface area contributed by atoms with Crippen LogP contribution in [0.5, 0.6) is 0 Å². The lowest BCUT2D eigenvalue weighted by Crippen LogP contribution is -2.36. The van der Waals surface area contributed by atoms with Gasteiger partial charge in [0.25, 0.3) is 0 Å². The lowest BCUT2D eigenvalue weighted by Gasteiger charge is -2.24. The highest BCUT2D eigenvalue weighted by molar-refractivity contribution is 5.24. The fourth-order valence-corrected chi connectivity index (χ4v) is 1.21. The molecule has 0 unspecified atom stereocenters. The maximum absolute atomic E-state index is 5.35. The van der Waals surface area contributed by atoms with Crippen molar-refractivity contribution >= 4 is 6.01 Å². The molecule has 1 fully saturated rings. The lowest BCUT2D eigenvalue weighted by molar-refractivity contribution is 0.120. The van der Waals surface area contributed by atoms with Gasteiger partial charge in [0.15, 0.2) is 0 Å². The molecule has 0 saturated carbocycles. The Hall–Kier alpha value is -1.14. The minimum absolute atomic E-state index is 0.289. The minimum Gasteiger partial charge on any atom is -0.407 e. The van der Waals surface area contributed by atoms with Crippen LogP contribution in [0.15, 0.2) is 4.42 Å². The number of rotatable bonds is 2. The van der Waals surface area contributed by atoms with Crippen LogP contribution in [0.25, 0.3) is 0 Å². The van der Waals surface area contributed by atoms with Gasteiger partial charge in [-0.3, -0.25) is 0 Å². The van der Waals surface area contributed by atoms with Gasteiger partial charge in [-0.05, 0) is 0 Å². The first-order valence-electron chi connectivity index (χ1n) is 4.25. The molecule has 2 rings (SSSR count). The predicted octanol–water partition coefficient (Wildman–Crippen LogP) is -0.635. The molecule has 1 saturated heterocycles. The van der Waals surface area contributed by atoms with Gasteiger partial charge in [-0.2, -0.15) is 0 Å². The van der Waals surface area contributed by atoms with Crippen LogP contribution in [0.1, 0.15) is 5.89 Å². The molecule has 6 heteroatoms. The Labute approximate surface area is 75.7 Å². The minimum atomic E-state index is 0.289. The van der Waals surface area contributed by atoms with Crippen molar-refractivity contribution in [2.24, 2.45) is 5.73 Å². The summed E-state index contributed by atoms with van der Waals surface area (Å²) in [6.45, 7) is 3.30. The summed E-state index contributed by atoms with van der Waals surface area (Å²) >= 11 is 0. The summed E-state index contributed by atoms with van der Waals surface area (Å²) in [4.78, 5) is 2.00. The molecule has 0 atom stereocenters. The van der Waals surface area contributed by atoms with Gasteiger partial charge in [0.05, 0.1) is 19.8 Å². The predicted molar refractivity (Wildman–Crippen MR) is 45.2 cm³/mol. The van der Waals surface area contributed by atoms with Crippen LogP contribution >= 0.6 is 0 Å². The zero-order chi connectivity index (χ0) is 9.10. The molecule has 72 valence electrons. The van der Waals surface area contributed by atoms with Crippen molar-refractivity contribution in [1.29, 1.82) is 0 Å². The molecule has 1 aromatic rings. The quantitative estimate of drug-likeness (QED) is 0.659. The van der Waals surface area contributed by atoms with E-state index in [2.05, 4.69) is 10.2 Å². The normalized spacial score (nSPS) is 17.8. The van der Waals surface area contributed by atoms with E-state index in [1.54, 1.807) is 0 Å². The summed E-state index contributed by atoms with van der Waals surface area (Å²) in [7, 11) is 0. The molecule has 2 N–H and O–H groups in total. The Kier molecular flexibility index (Phi) is 2.42. The van der Waals surface area contributed by atoms with E-state index in [4.69, 9.17) is 14.9 Å². The Morgan fingerprint density at radius 2 is 2.08 bits per heavy atom. The van der Waals surface area contributed by atoms with Gasteiger partial charge >= 0.3 is 6.01 Å². The number of aromatic nitrogens is 2. The second-order valence-electron chi connectivity index (χ2n) is 2.78. The first kappa shape index (κ1) is 8.46. The summed E-state index contributed by atoms with van der Waals surface area (Å²) in [5.41, 5.74) is 5.35. The monoisotopic (exact) mass is 184 g/mol. The van der Waals surface area contributed by atoms with Crippen molar-refractivity contribution in [3.8, 4) is 0 Å². The van der Waals surface area contributed by atoms with Crippen molar-refractivity contribution < 1.29 is 9.15 Å². The Bertz CT molecular complexity index is 269. The molecule has 13 heavy (non-hydrogen) atoms. The fourth-order valence-electron chi connectivity index (χ4n) is 1.21. The van der Waals surface area contributed by atoms with Gasteiger partial charge in [0.2, 0.25) is 5.89 Å². The molecule has 1 aliphatic rings. The van der Waals surface area contributed by atoms with Crippen LogP contribution in [0, 0.1) is 0 Å². The van der Waals surface area contributed by atoms with Gasteiger partial charge in [0.1, 0.15) is 0 Å². The Morgan fingerprint density at radius 3 is 2.69 bits per heavy atom. The van der Waals surface area contributed by atoms with Crippen molar-refractivity contribution in [1.82, 2.24) is 10.2 Å². The van der Waals surface area contributed by atoms with Crippen LogP contribution in [0.3, 0.4) is 0 Å². The SMILES string of the molecule is NCc1nnc(N2CCOCC2)o1. The molecular weight excluding hydrogens is 172 g/mol. The topological polar surface area (TPSA) is 77.4 Å². The number of nitrogens with zero attached hydrogens (tertiary/aromatic N) is 3. The molecule has 0 radical (unpaired) electrons. The number of anilines is 1. The van der Waals surface area contributed by atoms with Gasteiger partial charge in [-0.1, -0.05) is 5.10 Å². The van der Waals surface area contributed by atoms with Crippen LogP contribution in [-0.4, -0.2) is 36.5 Å². The van der Waals surface area contributed by atoms with Gasteiger partial charge in [0, 0.05) is 13.1 Å². The van der Waals surface area contributed by atoms with E-state index in [0.717, 1.165) is 13.1 Å². The third kappa shape index (κ3) is 1.78. The number of nitrogens with two attached hydrogens (primary N) is 1. The number of ether oxygens (including phenoxy) is 1. The van der Waals surface area contributed by atoms with E-state index in [9.17, 15) is 0 Å². The molecule has 6 nitrogen and oxygen atoms in total. The summed E-state index contributed by atoms with van der Waals surface area (Å²) in [6.07, 6.45) is 0. The third-order valence-electron chi connectivity index (χ3n) is 1.91. The second kappa shape index (κ2) is 3.71. The third-order valence-corrected chi connectivity index (χ3v) is 1.91. The van der Waals surface area contributed by atoms with Gasteiger partial charge in [-0.15, -0.1) is 5.10 Å². The second-order valence-corrected chi connectivity index (χ2v) is 2.78. The van der Waals surface area contributed by atoms with Gasteiger partial charge < -0.3 is 19.8 Å². The zero-order valence-electron chi connectivity index (χ0n) is 7.27. The number of hydrogen-bond acceptors (Lipinski definition) is 6. The summed E-state index contributed by atoms with van der Waals surface area (Å²) in [5, 5.41) is 7.67. The van der Waals surface area contributed by atoms with Crippen molar-refractivity contribution in [3.63, 3.8) is 0 Å². The van der Waals surface area contributed by atoms with E-state index >= 15 is 0 Å². The average molecular weight is 184 g/mol. The highest BCUT2D eigenvalue weighted by Gasteiger charge is 2.16. The zero-order valence-corrected chi connectivity index (χ0v) is 7.27. The molecule has 2 heterocycles. The molecule has 0 aromatic carbocycles. The molecular formula is C7H12N4O2. The van der Waals surface area contributed by atoms with Crippen LogP contribution in [-0.2, 0) is 11.3 Å². The summed E-state index contributed by atoms with van der Waals surface area (Å²) in [6, 6.07) is 0.545. The lowest BCUT2D eigenvalue weighted by atomic mass is 10.5. The van der Waals surface area contributed by atoms with E-state index in [1.165, 1.54) is 0 Å². The number of morpholine rings is 1. The van der Waals surface area contributed by atoms with Crippen LogP contribution < -0.4 is 10.6 Å². The van der Waals surface area contributed by atoms with Crippen LogP contribution in [0.2, 0.25) is 0 Å². The van der Waals surface area contributed by atoms with E-state index in [1.807, 2.05) is 4.90 Å². The molecule has 0 amide bonds. The highest BCUT2D eigenvalue weighted by atomic mass is 16.5. The number of hydrogen-bond donors (Lipinski definition) is 1. The molecule has 0 bridgehead atoms. The maximum atomic E-state index is 5.35. The molecule has 1 aromatic heterocycles. The largest absolute Gasteiger partial charge is 0.407 e. The Morgan fingerprint density at radius 1 is 1.31 bits per heavy atom. The summed E-state index contributed by atoms with van der Waals surface area (Å²) < 4.78 is 10.5. The molecule has 1 aliphatic heterocycles. The Balaban J connectivity index is 2.05. The van der Waals surface area contributed by atoms with Crippen molar-refractivity contribution in [2.75, 3.05) is 31.2 Å². The van der Waals surface area contributed by atoms with E-state index in [0.29, 0.717) is 25.1 Å². The average Bonchev–Trinajstić information content (AvgIpc) is 2.67. The van der Waals surface area contributed by atoms with Crippen molar-refractivity contribution in [2.45, 2.75) is 6.54 Å². The standard InChI is InChI=1S/C7H12N4O2/c8-5-6-9-10-7(13-6)11-1-3-12-4-2-11/h1-5,8H2. The van der Waals surface area contributed by atoms with Crippen LogP contribution in [0.4, 0.5) is 6.01 Å². The first-order valence-corrected chi connectivity index (χ1v) is 4.25.